The Balaban J connectivity index is 2.07. The van der Waals surface area contributed by atoms with Gasteiger partial charge in [0, 0.05) is 11.1 Å². The topological polar surface area (TPSA) is 50.9 Å². The van der Waals surface area contributed by atoms with Crippen LogP contribution in [0.4, 0.5) is 11.4 Å². The van der Waals surface area contributed by atoms with Crippen molar-refractivity contribution < 1.29 is 0 Å². The molecule has 0 bridgehead atoms. The zero-order valence-corrected chi connectivity index (χ0v) is 10.4. The van der Waals surface area contributed by atoms with Gasteiger partial charge in [0.1, 0.15) is 5.01 Å². The van der Waals surface area contributed by atoms with Gasteiger partial charge in [-0.2, -0.15) is 0 Å². The Morgan fingerprint density at radius 3 is 3.00 bits per heavy atom. The first-order chi connectivity index (χ1) is 7.66. The van der Waals surface area contributed by atoms with Gasteiger partial charge in [0.2, 0.25) is 0 Å². The predicted octanol–water partition coefficient (Wildman–Crippen LogP) is 3.30. The number of hydrogen-bond acceptors (Lipinski definition) is 4. The lowest BCUT2D eigenvalue weighted by atomic mass is 10.2. The van der Waals surface area contributed by atoms with Gasteiger partial charge in [-0.05, 0) is 19.1 Å². The number of para-hydroxylation sites is 1. The summed E-state index contributed by atoms with van der Waals surface area (Å²) in [6.07, 6.45) is 1.86. The molecule has 0 saturated heterocycles. The van der Waals surface area contributed by atoms with Crippen LogP contribution >= 0.6 is 22.9 Å². The summed E-state index contributed by atoms with van der Waals surface area (Å²) in [6.45, 7) is 2.71. The highest BCUT2D eigenvalue weighted by molar-refractivity contribution is 7.11. The Morgan fingerprint density at radius 2 is 2.31 bits per heavy atom. The van der Waals surface area contributed by atoms with Crippen molar-refractivity contribution in [3.05, 3.63) is 39.3 Å². The van der Waals surface area contributed by atoms with Gasteiger partial charge in [-0.1, -0.05) is 17.7 Å². The van der Waals surface area contributed by atoms with Gasteiger partial charge in [0.05, 0.1) is 22.9 Å². The van der Waals surface area contributed by atoms with Crippen LogP contribution < -0.4 is 11.1 Å². The van der Waals surface area contributed by atoms with Crippen molar-refractivity contribution in [3.63, 3.8) is 0 Å². The van der Waals surface area contributed by atoms with E-state index in [1.165, 1.54) is 4.88 Å². The number of nitrogens with one attached hydrogen (secondary N) is 1. The highest BCUT2D eigenvalue weighted by Crippen LogP contribution is 2.27. The minimum absolute atomic E-state index is 0.570. The highest BCUT2D eigenvalue weighted by atomic mass is 35.5. The van der Waals surface area contributed by atoms with Crippen LogP contribution in [0.2, 0.25) is 5.02 Å². The lowest BCUT2D eigenvalue weighted by molar-refractivity contribution is 1.10. The Labute approximate surface area is 103 Å². The number of halogens is 1. The SMILES string of the molecule is Cc1cnc(CNc2cccc(Cl)c2N)s1. The number of nitrogens with zero attached hydrogens (tertiary/aromatic N) is 1. The fourth-order valence-corrected chi connectivity index (χ4v) is 2.25. The molecule has 84 valence electrons. The van der Waals surface area contributed by atoms with Gasteiger partial charge in [0.25, 0.3) is 0 Å². The maximum atomic E-state index is 5.92. The van der Waals surface area contributed by atoms with Gasteiger partial charge in [-0.25, -0.2) is 4.98 Å². The van der Waals surface area contributed by atoms with Crippen LogP contribution in [0.25, 0.3) is 0 Å². The van der Waals surface area contributed by atoms with E-state index in [0.29, 0.717) is 17.3 Å². The molecule has 16 heavy (non-hydrogen) atoms. The molecule has 0 radical (unpaired) electrons. The van der Waals surface area contributed by atoms with Crippen LogP contribution in [0.5, 0.6) is 0 Å². The number of hydrogen-bond donors (Lipinski definition) is 2. The second-order valence-corrected chi connectivity index (χ2v) is 5.15. The average Bonchev–Trinajstić information content (AvgIpc) is 2.67. The van der Waals surface area contributed by atoms with Crippen molar-refractivity contribution >= 4 is 34.3 Å². The molecule has 0 amide bonds. The first-order valence-electron chi connectivity index (χ1n) is 4.86. The molecule has 0 aliphatic rings. The van der Waals surface area contributed by atoms with Gasteiger partial charge < -0.3 is 11.1 Å². The van der Waals surface area contributed by atoms with Crippen molar-refractivity contribution in [2.24, 2.45) is 0 Å². The summed E-state index contributed by atoms with van der Waals surface area (Å²) in [6, 6.07) is 5.55. The third-order valence-electron chi connectivity index (χ3n) is 2.15. The molecule has 1 aromatic carbocycles. The normalized spacial score (nSPS) is 10.4. The zero-order chi connectivity index (χ0) is 11.5. The second-order valence-electron chi connectivity index (χ2n) is 3.42. The van der Waals surface area contributed by atoms with Crippen molar-refractivity contribution in [1.82, 2.24) is 4.98 Å². The Morgan fingerprint density at radius 1 is 1.50 bits per heavy atom. The summed E-state index contributed by atoms with van der Waals surface area (Å²) in [7, 11) is 0. The quantitative estimate of drug-likeness (QED) is 0.826. The van der Waals surface area contributed by atoms with E-state index < -0.39 is 0 Å². The lowest BCUT2D eigenvalue weighted by Gasteiger charge is -2.08. The summed E-state index contributed by atoms with van der Waals surface area (Å²) >= 11 is 7.59. The zero-order valence-electron chi connectivity index (χ0n) is 8.83. The molecule has 3 nitrogen and oxygen atoms in total. The lowest BCUT2D eigenvalue weighted by Crippen LogP contribution is -2.02. The molecule has 0 aliphatic carbocycles. The summed E-state index contributed by atoms with van der Waals surface area (Å²) in [4.78, 5) is 5.47. The van der Waals surface area contributed by atoms with E-state index in [-0.39, 0.29) is 0 Å². The van der Waals surface area contributed by atoms with E-state index in [1.54, 1.807) is 17.4 Å². The van der Waals surface area contributed by atoms with Gasteiger partial charge >= 0.3 is 0 Å². The molecule has 0 atom stereocenters. The molecular formula is C11H12ClN3S. The average molecular weight is 254 g/mol. The maximum Gasteiger partial charge on any atom is 0.112 e. The summed E-state index contributed by atoms with van der Waals surface area (Å²) in [5.74, 6) is 0. The number of thiazole rings is 1. The van der Waals surface area contributed by atoms with Gasteiger partial charge in [0.15, 0.2) is 0 Å². The Hall–Kier alpha value is -1.26. The van der Waals surface area contributed by atoms with Crippen molar-refractivity contribution in [2.45, 2.75) is 13.5 Å². The smallest absolute Gasteiger partial charge is 0.112 e. The molecule has 5 heteroatoms. The molecule has 0 spiro atoms. The molecule has 0 aliphatic heterocycles. The van der Waals surface area contributed by atoms with Crippen molar-refractivity contribution in [3.8, 4) is 0 Å². The Kier molecular flexibility index (Phi) is 3.31. The number of aryl methyl sites for hydroxylation is 1. The standard InChI is InChI=1S/C11H12ClN3S/c1-7-5-15-10(16-7)6-14-9-4-2-3-8(12)11(9)13/h2-5,14H,6,13H2,1H3. The molecular weight excluding hydrogens is 242 g/mol. The first-order valence-corrected chi connectivity index (χ1v) is 6.05. The number of rotatable bonds is 3. The molecule has 3 N–H and O–H groups in total. The third kappa shape index (κ3) is 2.46. The molecule has 0 unspecified atom stereocenters. The third-order valence-corrected chi connectivity index (χ3v) is 3.39. The number of benzene rings is 1. The van der Waals surface area contributed by atoms with Crippen molar-refractivity contribution in [1.29, 1.82) is 0 Å². The van der Waals surface area contributed by atoms with Crippen LogP contribution in [-0.4, -0.2) is 4.98 Å². The van der Waals surface area contributed by atoms with Gasteiger partial charge in [-0.15, -0.1) is 11.3 Å². The second kappa shape index (κ2) is 4.72. The molecule has 2 aromatic rings. The van der Waals surface area contributed by atoms with E-state index in [2.05, 4.69) is 10.3 Å². The summed E-state index contributed by atoms with van der Waals surface area (Å²) in [5, 5.41) is 4.83. The molecule has 1 heterocycles. The minimum atomic E-state index is 0.570. The van der Waals surface area contributed by atoms with E-state index in [1.807, 2.05) is 25.3 Å². The van der Waals surface area contributed by atoms with Crippen LogP contribution in [0, 0.1) is 6.92 Å². The predicted molar refractivity (Wildman–Crippen MR) is 70.0 cm³/mol. The van der Waals surface area contributed by atoms with E-state index in [9.17, 15) is 0 Å². The molecule has 2 rings (SSSR count). The fourth-order valence-electron chi connectivity index (χ4n) is 1.35. The number of anilines is 2. The first kappa shape index (κ1) is 11.2. The number of aromatic nitrogens is 1. The minimum Gasteiger partial charge on any atom is -0.396 e. The Bertz CT molecular complexity index is 496. The maximum absolute atomic E-state index is 5.92. The van der Waals surface area contributed by atoms with Gasteiger partial charge in [-0.3, -0.25) is 0 Å². The van der Waals surface area contributed by atoms with Crippen LogP contribution in [0.15, 0.2) is 24.4 Å². The highest BCUT2D eigenvalue weighted by Gasteiger charge is 2.03. The number of nitrogens with two attached hydrogens (primary N) is 1. The van der Waals surface area contributed by atoms with E-state index >= 15 is 0 Å². The number of nitrogen functional groups attached to an aromatic ring is 1. The van der Waals surface area contributed by atoms with Crippen LogP contribution in [0.3, 0.4) is 0 Å². The van der Waals surface area contributed by atoms with E-state index in [0.717, 1.165) is 10.7 Å². The van der Waals surface area contributed by atoms with Crippen LogP contribution in [0.1, 0.15) is 9.88 Å². The van der Waals surface area contributed by atoms with E-state index in [4.69, 9.17) is 17.3 Å². The van der Waals surface area contributed by atoms with Crippen molar-refractivity contribution in [2.75, 3.05) is 11.1 Å². The fraction of sp³-hybridized carbons (Fsp3) is 0.182. The molecule has 0 saturated carbocycles. The molecule has 0 fully saturated rings. The van der Waals surface area contributed by atoms with Crippen LogP contribution in [-0.2, 0) is 6.54 Å². The molecule has 1 aromatic heterocycles. The summed E-state index contributed by atoms with van der Waals surface area (Å²) < 4.78 is 0. The largest absolute Gasteiger partial charge is 0.396 e. The monoisotopic (exact) mass is 253 g/mol. The summed E-state index contributed by atoms with van der Waals surface area (Å²) in [5.41, 5.74) is 7.27.